The van der Waals surface area contributed by atoms with Crippen molar-refractivity contribution in [2.45, 2.75) is 6.42 Å². The maximum absolute atomic E-state index is 13.0. The quantitative estimate of drug-likeness (QED) is 0.830. The molecule has 1 N–H and O–H groups in total. The van der Waals surface area contributed by atoms with Gasteiger partial charge in [-0.3, -0.25) is 9.59 Å². The number of hydrogen-bond donors (Lipinski definition) is 1. The van der Waals surface area contributed by atoms with E-state index in [1.807, 2.05) is 0 Å². The van der Waals surface area contributed by atoms with Gasteiger partial charge in [0, 0.05) is 19.3 Å². The van der Waals surface area contributed by atoms with Gasteiger partial charge in [0.15, 0.2) is 0 Å². The van der Waals surface area contributed by atoms with Gasteiger partial charge in [-0.15, -0.1) is 0 Å². The Morgan fingerprint density at radius 3 is 2.89 bits per heavy atom. The van der Waals surface area contributed by atoms with Gasteiger partial charge >= 0.3 is 0 Å². The highest BCUT2D eigenvalue weighted by atomic mass is 35.5. The number of carbonyl (C=O) groups is 2. The first-order valence-electron chi connectivity index (χ1n) is 5.52. The van der Waals surface area contributed by atoms with Gasteiger partial charge in [0.05, 0.1) is 5.02 Å². The molecule has 0 radical (unpaired) electrons. The van der Waals surface area contributed by atoms with E-state index in [0.717, 1.165) is 0 Å². The molecule has 1 aromatic carbocycles. The van der Waals surface area contributed by atoms with Crippen LogP contribution in [0.2, 0.25) is 5.02 Å². The van der Waals surface area contributed by atoms with Crippen molar-refractivity contribution in [3.8, 4) is 0 Å². The fourth-order valence-corrected chi connectivity index (χ4v) is 2.18. The summed E-state index contributed by atoms with van der Waals surface area (Å²) < 4.78 is 13.0. The van der Waals surface area contributed by atoms with Crippen LogP contribution in [0.1, 0.15) is 6.42 Å². The van der Waals surface area contributed by atoms with E-state index in [1.54, 1.807) is 0 Å². The third kappa shape index (κ3) is 2.18. The van der Waals surface area contributed by atoms with Crippen LogP contribution in [0.15, 0.2) is 18.2 Å². The van der Waals surface area contributed by atoms with Gasteiger partial charge in [0.25, 0.3) is 0 Å². The molecule has 0 saturated carbocycles. The molecule has 0 aliphatic carbocycles. The lowest BCUT2D eigenvalue weighted by atomic mass is 10.1. The molecule has 1 aliphatic rings. The van der Waals surface area contributed by atoms with Crippen molar-refractivity contribution in [1.82, 2.24) is 5.32 Å². The standard InChI is InChI=1S/C12H12ClFN2O2/c1-15-11(17)8-4-5-16(12(8)18)7-2-3-10(14)9(13)6-7/h2-3,6,8H,4-5H2,1H3,(H,15,17). The van der Waals surface area contributed by atoms with Gasteiger partial charge in [-0.05, 0) is 24.6 Å². The van der Waals surface area contributed by atoms with Crippen molar-refractivity contribution in [2.24, 2.45) is 5.92 Å². The van der Waals surface area contributed by atoms with E-state index < -0.39 is 11.7 Å². The maximum atomic E-state index is 13.0. The van der Waals surface area contributed by atoms with Crippen LogP contribution in [0.5, 0.6) is 0 Å². The van der Waals surface area contributed by atoms with E-state index in [2.05, 4.69) is 5.32 Å². The molecule has 1 heterocycles. The van der Waals surface area contributed by atoms with Gasteiger partial charge in [0.2, 0.25) is 11.8 Å². The number of amides is 2. The third-order valence-corrected chi connectivity index (χ3v) is 3.27. The summed E-state index contributed by atoms with van der Waals surface area (Å²) in [5.74, 6) is -1.78. The number of anilines is 1. The monoisotopic (exact) mass is 270 g/mol. The van der Waals surface area contributed by atoms with Crippen LogP contribution in [0.4, 0.5) is 10.1 Å². The molecule has 1 saturated heterocycles. The third-order valence-electron chi connectivity index (χ3n) is 2.98. The van der Waals surface area contributed by atoms with Crippen LogP contribution >= 0.6 is 11.6 Å². The maximum Gasteiger partial charge on any atom is 0.239 e. The minimum atomic E-state index is -0.668. The van der Waals surface area contributed by atoms with E-state index in [0.29, 0.717) is 18.7 Å². The SMILES string of the molecule is CNC(=O)C1CCN(c2ccc(F)c(Cl)c2)C1=O. The number of hydrogen-bond acceptors (Lipinski definition) is 2. The van der Waals surface area contributed by atoms with Gasteiger partial charge in [-0.1, -0.05) is 11.6 Å². The molecule has 1 unspecified atom stereocenters. The lowest BCUT2D eigenvalue weighted by Crippen LogP contribution is -2.35. The first kappa shape index (κ1) is 12.8. The van der Waals surface area contributed by atoms with E-state index in [4.69, 9.17) is 11.6 Å². The van der Waals surface area contributed by atoms with Crippen LogP contribution in [0.3, 0.4) is 0 Å². The predicted molar refractivity (Wildman–Crippen MR) is 65.9 cm³/mol. The number of nitrogens with zero attached hydrogens (tertiary/aromatic N) is 1. The lowest BCUT2D eigenvalue weighted by Gasteiger charge is -2.16. The Balaban J connectivity index is 2.23. The Labute approximate surface area is 109 Å². The van der Waals surface area contributed by atoms with Crippen LogP contribution in [0, 0.1) is 11.7 Å². The summed E-state index contributed by atoms with van der Waals surface area (Å²) in [5, 5.41) is 2.42. The zero-order valence-electron chi connectivity index (χ0n) is 9.74. The van der Waals surface area contributed by atoms with Crippen molar-refractivity contribution >= 4 is 29.1 Å². The molecule has 6 heteroatoms. The molecule has 96 valence electrons. The minimum absolute atomic E-state index is 0.0382. The first-order valence-corrected chi connectivity index (χ1v) is 5.90. The number of rotatable bonds is 2. The second-order valence-corrected chi connectivity index (χ2v) is 4.45. The van der Waals surface area contributed by atoms with E-state index in [1.165, 1.54) is 30.1 Å². The molecular weight excluding hydrogens is 259 g/mol. The Morgan fingerprint density at radius 2 is 2.28 bits per heavy atom. The van der Waals surface area contributed by atoms with Gasteiger partial charge in [-0.2, -0.15) is 0 Å². The van der Waals surface area contributed by atoms with Gasteiger partial charge in [-0.25, -0.2) is 4.39 Å². The molecular formula is C12H12ClFN2O2. The molecule has 1 aromatic rings. The molecule has 2 amide bonds. The molecule has 4 nitrogen and oxygen atoms in total. The molecule has 0 bridgehead atoms. The number of carbonyl (C=O) groups excluding carboxylic acids is 2. The zero-order valence-corrected chi connectivity index (χ0v) is 10.5. The summed E-state index contributed by atoms with van der Waals surface area (Å²) in [7, 11) is 1.49. The first-order chi connectivity index (χ1) is 8.54. The summed E-state index contributed by atoms with van der Waals surface area (Å²) in [5.41, 5.74) is 0.512. The summed E-state index contributed by atoms with van der Waals surface area (Å²) in [4.78, 5) is 25.0. The van der Waals surface area contributed by atoms with Gasteiger partial charge in [0.1, 0.15) is 11.7 Å². The Bertz CT molecular complexity index is 507. The minimum Gasteiger partial charge on any atom is -0.358 e. The average molecular weight is 271 g/mol. The van der Waals surface area contributed by atoms with E-state index >= 15 is 0 Å². The predicted octanol–water partition coefficient (Wildman–Crippen LogP) is 1.58. The summed E-state index contributed by atoms with van der Waals surface area (Å²) in [6.07, 6.45) is 0.452. The largest absolute Gasteiger partial charge is 0.358 e. The number of nitrogens with one attached hydrogen (secondary N) is 1. The highest BCUT2D eigenvalue weighted by Gasteiger charge is 2.37. The van der Waals surface area contributed by atoms with Crippen LogP contribution < -0.4 is 10.2 Å². The molecule has 0 spiro atoms. The van der Waals surface area contributed by atoms with Crippen molar-refractivity contribution < 1.29 is 14.0 Å². The van der Waals surface area contributed by atoms with Crippen LogP contribution in [-0.2, 0) is 9.59 Å². The molecule has 1 fully saturated rings. The fourth-order valence-electron chi connectivity index (χ4n) is 2.01. The average Bonchev–Trinajstić information content (AvgIpc) is 2.74. The van der Waals surface area contributed by atoms with Crippen LogP contribution in [0.25, 0.3) is 0 Å². The van der Waals surface area contributed by atoms with Crippen molar-refractivity contribution in [1.29, 1.82) is 0 Å². The molecule has 18 heavy (non-hydrogen) atoms. The topological polar surface area (TPSA) is 49.4 Å². The van der Waals surface area contributed by atoms with Gasteiger partial charge < -0.3 is 10.2 Å². The summed E-state index contributed by atoms with van der Waals surface area (Å²) in [6, 6.07) is 4.07. The van der Waals surface area contributed by atoms with Crippen molar-refractivity contribution in [2.75, 3.05) is 18.5 Å². The summed E-state index contributed by atoms with van der Waals surface area (Å²) in [6.45, 7) is 0.429. The number of halogens is 2. The smallest absolute Gasteiger partial charge is 0.239 e. The second kappa shape index (κ2) is 4.94. The highest BCUT2D eigenvalue weighted by Crippen LogP contribution is 2.28. The normalized spacial score (nSPS) is 19.2. The molecule has 1 aliphatic heterocycles. The fraction of sp³-hybridized carbons (Fsp3) is 0.333. The molecule has 1 atom stereocenters. The van der Waals surface area contributed by atoms with Crippen molar-refractivity contribution in [3.05, 3.63) is 29.0 Å². The van der Waals surface area contributed by atoms with E-state index in [9.17, 15) is 14.0 Å². The Hall–Kier alpha value is -1.62. The van der Waals surface area contributed by atoms with Crippen LogP contribution in [-0.4, -0.2) is 25.4 Å². The molecule has 0 aromatic heterocycles. The lowest BCUT2D eigenvalue weighted by molar-refractivity contribution is -0.131. The van der Waals surface area contributed by atoms with E-state index in [-0.39, 0.29) is 16.8 Å². The zero-order chi connectivity index (χ0) is 13.3. The highest BCUT2D eigenvalue weighted by molar-refractivity contribution is 6.31. The van der Waals surface area contributed by atoms with Crippen molar-refractivity contribution in [3.63, 3.8) is 0 Å². The Morgan fingerprint density at radius 1 is 1.56 bits per heavy atom. The molecule has 2 rings (SSSR count). The number of benzene rings is 1. The Kier molecular flexibility index (Phi) is 3.52. The second-order valence-electron chi connectivity index (χ2n) is 4.04. The summed E-state index contributed by atoms with van der Waals surface area (Å²) >= 11 is 5.67.